The number of nitrogens with one attached hydrogen (secondary N) is 2. The average Bonchev–Trinajstić information content (AvgIpc) is 2.98. The van der Waals surface area contributed by atoms with E-state index in [1.807, 2.05) is 0 Å². The number of aliphatic imine (C=N–C) groups is 1. The van der Waals surface area contributed by atoms with Crippen molar-refractivity contribution in [3.05, 3.63) is 0 Å². The van der Waals surface area contributed by atoms with Gasteiger partial charge in [-0.1, -0.05) is 12.8 Å². The molecule has 1 fully saturated rings. The van der Waals surface area contributed by atoms with E-state index in [-0.39, 0.29) is 36.0 Å². The molecule has 1 rings (SSSR count). The summed E-state index contributed by atoms with van der Waals surface area (Å²) in [5.74, 6) is 0.474. The predicted molar refractivity (Wildman–Crippen MR) is 111 cm³/mol. The lowest BCUT2D eigenvalue weighted by atomic mass is 10.1. The van der Waals surface area contributed by atoms with Crippen LogP contribution in [0.3, 0.4) is 0 Å². The number of carbonyl (C=O) groups is 1. The predicted octanol–water partition coefficient (Wildman–Crippen LogP) is 2.92. The molecule has 0 aromatic rings. The van der Waals surface area contributed by atoms with E-state index < -0.39 is 12.7 Å². The summed E-state index contributed by atoms with van der Waals surface area (Å²) in [5, 5.41) is 6.37. The summed E-state index contributed by atoms with van der Waals surface area (Å²) in [4.78, 5) is 16.7. The van der Waals surface area contributed by atoms with Gasteiger partial charge in [0.2, 0.25) is 0 Å². The standard InChI is InChI=1S/C17H31F3N4O2.HI/c1-3-26-15(25)8-6-4-5-7-10-22-16(21-2)23-14-9-11-24(12-14)13-17(18,19)20;/h14H,3-13H2,1-2H3,(H2,21,22,23);1H. The van der Waals surface area contributed by atoms with Gasteiger partial charge in [0.15, 0.2) is 5.96 Å². The van der Waals surface area contributed by atoms with Gasteiger partial charge in [0.1, 0.15) is 0 Å². The van der Waals surface area contributed by atoms with Gasteiger partial charge in [-0.05, 0) is 26.2 Å². The monoisotopic (exact) mass is 508 g/mol. The fourth-order valence-electron chi connectivity index (χ4n) is 2.92. The second-order valence-electron chi connectivity index (χ2n) is 6.45. The van der Waals surface area contributed by atoms with E-state index >= 15 is 0 Å². The molecule has 0 bridgehead atoms. The summed E-state index contributed by atoms with van der Waals surface area (Å²) in [6.45, 7) is 2.90. The van der Waals surface area contributed by atoms with Crippen LogP contribution >= 0.6 is 24.0 Å². The molecule has 0 aromatic carbocycles. The smallest absolute Gasteiger partial charge is 0.401 e. The van der Waals surface area contributed by atoms with Crippen LogP contribution in [0.4, 0.5) is 13.2 Å². The topological polar surface area (TPSA) is 66.0 Å². The molecule has 1 atom stereocenters. The molecule has 1 heterocycles. The largest absolute Gasteiger partial charge is 0.466 e. The zero-order valence-corrected chi connectivity index (χ0v) is 18.4. The van der Waals surface area contributed by atoms with Crippen LogP contribution in [-0.2, 0) is 9.53 Å². The molecule has 160 valence electrons. The zero-order valence-electron chi connectivity index (χ0n) is 16.1. The normalized spacial score (nSPS) is 18.1. The van der Waals surface area contributed by atoms with Crippen molar-refractivity contribution in [1.29, 1.82) is 0 Å². The van der Waals surface area contributed by atoms with Crippen LogP contribution in [0, 0.1) is 0 Å². The van der Waals surface area contributed by atoms with Gasteiger partial charge in [-0.15, -0.1) is 24.0 Å². The first-order valence-corrected chi connectivity index (χ1v) is 9.26. The van der Waals surface area contributed by atoms with Crippen LogP contribution in [0.1, 0.15) is 45.4 Å². The van der Waals surface area contributed by atoms with Crippen molar-refractivity contribution in [2.24, 2.45) is 4.99 Å². The van der Waals surface area contributed by atoms with Crippen molar-refractivity contribution >= 4 is 35.9 Å². The van der Waals surface area contributed by atoms with E-state index in [9.17, 15) is 18.0 Å². The van der Waals surface area contributed by atoms with E-state index in [2.05, 4.69) is 15.6 Å². The van der Waals surface area contributed by atoms with E-state index in [0.29, 0.717) is 38.5 Å². The number of hydrogen-bond donors (Lipinski definition) is 2. The summed E-state index contributed by atoms with van der Waals surface area (Å²) >= 11 is 0. The van der Waals surface area contributed by atoms with Gasteiger partial charge in [-0.3, -0.25) is 14.7 Å². The molecule has 1 unspecified atom stereocenters. The second kappa shape index (κ2) is 14.3. The Morgan fingerprint density at radius 3 is 2.59 bits per heavy atom. The van der Waals surface area contributed by atoms with Gasteiger partial charge < -0.3 is 15.4 Å². The lowest BCUT2D eigenvalue weighted by molar-refractivity contribution is -0.144. The quantitative estimate of drug-likeness (QED) is 0.156. The first-order valence-electron chi connectivity index (χ1n) is 9.26. The number of alkyl halides is 3. The molecular weight excluding hydrogens is 476 g/mol. The maximum Gasteiger partial charge on any atom is 0.401 e. The summed E-state index contributed by atoms with van der Waals surface area (Å²) in [6.07, 6.45) is 0.693. The molecule has 0 aromatic heterocycles. The molecule has 27 heavy (non-hydrogen) atoms. The van der Waals surface area contributed by atoms with Crippen LogP contribution in [0.25, 0.3) is 0 Å². The molecule has 0 radical (unpaired) electrons. The molecular formula is C17H32F3IN4O2. The first kappa shape index (κ1) is 26.2. The molecule has 1 aliphatic rings. The van der Waals surface area contributed by atoms with Gasteiger partial charge in [0, 0.05) is 39.1 Å². The molecule has 10 heteroatoms. The number of likely N-dealkylation sites (tertiary alicyclic amines) is 1. The molecule has 6 nitrogen and oxygen atoms in total. The van der Waals surface area contributed by atoms with Gasteiger partial charge >= 0.3 is 12.1 Å². The Morgan fingerprint density at radius 2 is 1.96 bits per heavy atom. The van der Waals surface area contributed by atoms with Crippen molar-refractivity contribution in [1.82, 2.24) is 15.5 Å². The van der Waals surface area contributed by atoms with Crippen molar-refractivity contribution in [3.63, 3.8) is 0 Å². The summed E-state index contributed by atoms with van der Waals surface area (Å²) in [5.41, 5.74) is 0. The number of carbonyl (C=O) groups excluding carboxylic acids is 1. The highest BCUT2D eigenvalue weighted by Gasteiger charge is 2.34. The Kier molecular flexibility index (Phi) is 13.8. The molecule has 0 saturated carbocycles. The molecule has 1 aliphatic heterocycles. The van der Waals surface area contributed by atoms with Crippen LogP contribution in [0.2, 0.25) is 0 Å². The number of nitrogens with zero attached hydrogens (tertiary/aromatic N) is 2. The minimum atomic E-state index is -4.15. The number of rotatable bonds is 10. The highest BCUT2D eigenvalue weighted by Crippen LogP contribution is 2.19. The Balaban J connectivity index is 0.00000676. The molecule has 2 N–H and O–H groups in total. The zero-order chi connectivity index (χ0) is 19.4. The number of halogens is 4. The fourth-order valence-corrected chi connectivity index (χ4v) is 2.92. The van der Waals surface area contributed by atoms with Gasteiger partial charge in [-0.2, -0.15) is 13.2 Å². The van der Waals surface area contributed by atoms with E-state index in [0.717, 1.165) is 32.2 Å². The average molecular weight is 508 g/mol. The molecule has 0 spiro atoms. The third kappa shape index (κ3) is 13.1. The Labute approximate surface area is 176 Å². The lowest BCUT2D eigenvalue weighted by Gasteiger charge is -2.19. The van der Waals surface area contributed by atoms with E-state index in [1.54, 1.807) is 14.0 Å². The third-order valence-corrected chi connectivity index (χ3v) is 4.15. The minimum Gasteiger partial charge on any atom is -0.466 e. The van der Waals surface area contributed by atoms with E-state index in [4.69, 9.17) is 4.74 Å². The highest BCUT2D eigenvalue weighted by atomic mass is 127. The summed E-state index contributed by atoms with van der Waals surface area (Å²) < 4.78 is 42.1. The Morgan fingerprint density at radius 1 is 1.26 bits per heavy atom. The Bertz CT molecular complexity index is 450. The van der Waals surface area contributed by atoms with Crippen LogP contribution in [0.15, 0.2) is 4.99 Å². The summed E-state index contributed by atoms with van der Waals surface area (Å²) in [7, 11) is 1.65. The first-order chi connectivity index (χ1) is 12.3. The van der Waals surface area contributed by atoms with Crippen LogP contribution < -0.4 is 10.6 Å². The van der Waals surface area contributed by atoms with Crippen molar-refractivity contribution in [2.45, 2.75) is 57.7 Å². The number of ether oxygens (including phenoxy) is 1. The maximum atomic E-state index is 12.4. The second-order valence-corrected chi connectivity index (χ2v) is 6.45. The van der Waals surface area contributed by atoms with Gasteiger partial charge in [0.05, 0.1) is 13.2 Å². The third-order valence-electron chi connectivity index (χ3n) is 4.15. The minimum absolute atomic E-state index is 0. The van der Waals surface area contributed by atoms with Gasteiger partial charge in [0.25, 0.3) is 0 Å². The molecule has 0 aliphatic carbocycles. The Hall–Kier alpha value is -0.780. The van der Waals surface area contributed by atoms with E-state index in [1.165, 1.54) is 4.90 Å². The van der Waals surface area contributed by atoms with Crippen molar-refractivity contribution in [2.75, 3.05) is 39.8 Å². The van der Waals surface area contributed by atoms with Crippen molar-refractivity contribution < 1.29 is 22.7 Å². The lowest BCUT2D eigenvalue weighted by Crippen LogP contribution is -2.45. The van der Waals surface area contributed by atoms with Gasteiger partial charge in [-0.25, -0.2) is 0 Å². The molecule has 1 saturated heterocycles. The maximum absolute atomic E-state index is 12.4. The molecule has 0 amide bonds. The highest BCUT2D eigenvalue weighted by molar-refractivity contribution is 14.0. The van der Waals surface area contributed by atoms with Crippen molar-refractivity contribution in [3.8, 4) is 0 Å². The van der Waals surface area contributed by atoms with Crippen LogP contribution in [-0.4, -0.2) is 68.9 Å². The number of unbranched alkanes of at least 4 members (excludes halogenated alkanes) is 3. The summed E-state index contributed by atoms with van der Waals surface area (Å²) in [6, 6.07) is -0.0203. The SMILES string of the molecule is CCOC(=O)CCCCCCNC(=NC)NC1CCN(CC(F)(F)F)C1.I. The van der Waals surface area contributed by atoms with Crippen LogP contribution in [0.5, 0.6) is 0 Å². The number of guanidine groups is 1. The number of esters is 1. The fraction of sp³-hybridized carbons (Fsp3) is 0.882. The number of hydrogen-bond acceptors (Lipinski definition) is 4.